The second-order valence-corrected chi connectivity index (χ2v) is 4.83. The van der Waals surface area contributed by atoms with Crippen molar-refractivity contribution >= 4 is 35.7 Å². The molecule has 2 heterocycles. The van der Waals surface area contributed by atoms with Crippen LogP contribution in [0.3, 0.4) is 0 Å². The lowest BCUT2D eigenvalue weighted by Crippen LogP contribution is -3.11. The Kier molecular flexibility index (Phi) is 4.75. The van der Waals surface area contributed by atoms with Crippen molar-refractivity contribution in [2.24, 2.45) is 4.99 Å². The molecule has 0 aliphatic carbocycles. The average Bonchev–Trinajstić information content (AvgIpc) is 2.91. The van der Waals surface area contributed by atoms with Gasteiger partial charge in [-0.1, -0.05) is 18.2 Å². The van der Waals surface area contributed by atoms with Gasteiger partial charge in [-0.05, 0) is 12.1 Å². The Balaban J connectivity index is 0.00000176. The average molecular weight is 320 g/mol. The van der Waals surface area contributed by atoms with Crippen molar-refractivity contribution in [2.75, 3.05) is 12.0 Å². The Morgan fingerprint density at radius 3 is 2.68 bits per heavy atom. The summed E-state index contributed by atoms with van der Waals surface area (Å²) >= 11 is 0. The van der Waals surface area contributed by atoms with Gasteiger partial charge in [0.1, 0.15) is 6.20 Å². The zero-order valence-corrected chi connectivity index (χ0v) is 12.8. The van der Waals surface area contributed by atoms with Crippen molar-refractivity contribution in [2.45, 2.75) is 6.92 Å². The number of benzene rings is 1. The molecule has 1 atom stereocenters. The lowest BCUT2D eigenvalue weighted by atomic mass is 10.3. The predicted octanol–water partition coefficient (Wildman–Crippen LogP) is 0.519. The van der Waals surface area contributed by atoms with Gasteiger partial charge < -0.3 is 5.32 Å². The van der Waals surface area contributed by atoms with Gasteiger partial charge in [-0.3, -0.25) is 14.5 Å². The van der Waals surface area contributed by atoms with Gasteiger partial charge in [0, 0.05) is 24.9 Å². The maximum Gasteiger partial charge on any atom is 0.280 e. The minimum absolute atomic E-state index is 0. The third-order valence-electron chi connectivity index (χ3n) is 3.30. The number of nitrogens with zero attached hydrogens (tertiary/aromatic N) is 2. The fourth-order valence-corrected chi connectivity index (χ4v) is 2.19. The first-order valence-electron chi connectivity index (χ1n) is 6.62. The molecule has 0 bridgehead atoms. The van der Waals surface area contributed by atoms with E-state index in [-0.39, 0.29) is 24.2 Å². The summed E-state index contributed by atoms with van der Waals surface area (Å²) in [6.45, 7) is 1.96. The van der Waals surface area contributed by atoms with Crippen molar-refractivity contribution < 1.29 is 14.5 Å². The number of hydrogen-bond donors (Lipinski definition) is 2. The standard InChI is InChI=1S/C15H14N4O2.ClH/c1-11(20)18-8-7-14-17-13(9-19(14)10-18)15(21)16-12-5-3-2-4-6-12;/h2-9H,10H2,1H3,(H,16,21);1H/p+1. The zero-order valence-electron chi connectivity index (χ0n) is 11.9. The van der Waals surface area contributed by atoms with Crippen LogP contribution in [0.1, 0.15) is 6.92 Å². The molecular weight excluding hydrogens is 304 g/mol. The fourth-order valence-electron chi connectivity index (χ4n) is 2.19. The quantitative estimate of drug-likeness (QED) is 0.834. The number of fused-ring (bicyclic) bond motifs is 1. The van der Waals surface area contributed by atoms with Gasteiger partial charge in [0.2, 0.25) is 11.7 Å². The second-order valence-electron chi connectivity index (χ2n) is 4.83. The molecule has 3 rings (SSSR count). The number of quaternary nitrogens is 1. The number of aliphatic imine (C=N–C) groups is 1. The Morgan fingerprint density at radius 1 is 1.27 bits per heavy atom. The molecule has 1 aromatic rings. The normalized spacial score (nSPS) is 18.8. The van der Waals surface area contributed by atoms with Crippen LogP contribution in [0.25, 0.3) is 0 Å². The third kappa shape index (κ3) is 3.24. The maximum atomic E-state index is 12.2. The van der Waals surface area contributed by atoms with Gasteiger partial charge in [-0.2, -0.15) is 4.99 Å². The van der Waals surface area contributed by atoms with E-state index in [1.54, 1.807) is 23.4 Å². The van der Waals surface area contributed by atoms with E-state index in [2.05, 4.69) is 10.3 Å². The molecule has 0 saturated heterocycles. The van der Waals surface area contributed by atoms with Crippen molar-refractivity contribution in [1.29, 1.82) is 0 Å². The number of rotatable bonds is 2. The van der Waals surface area contributed by atoms with Crippen LogP contribution in [-0.2, 0) is 9.59 Å². The van der Waals surface area contributed by atoms with E-state index in [0.29, 0.717) is 12.4 Å². The summed E-state index contributed by atoms with van der Waals surface area (Å²) in [4.78, 5) is 30.3. The van der Waals surface area contributed by atoms with Gasteiger partial charge in [0.25, 0.3) is 5.91 Å². The summed E-state index contributed by atoms with van der Waals surface area (Å²) in [6, 6.07) is 9.23. The first kappa shape index (κ1) is 15.9. The molecule has 2 aliphatic heterocycles. The van der Waals surface area contributed by atoms with Crippen LogP contribution in [0, 0.1) is 0 Å². The first-order valence-corrected chi connectivity index (χ1v) is 6.62. The van der Waals surface area contributed by atoms with Gasteiger partial charge >= 0.3 is 0 Å². The Labute approximate surface area is 134 Å². The lowest BCUT2D eigenvalue weighted by Gasteiger charge is -2.22. The molecule has 0 saturated carbocycles. The summed E-state index contributed by atoms with van der Waals surface area (Å²) in [7, 11) is 0. The van der Waals surface area contributed by atoms with Gasteiger partial charge in [-0.15, -0.1) is 12.4 Å². The van der Waals surface area contributed by atoms with Crippen LogP contribution < -0.4 is 10.2 Å². The molecule has 22 heavy (non-hydrogen) atoms. The minimum Gasteiger partial charge on any atom is -0.320 e. The van der Waals surface area contributed by atoms with Crippen LogP contribution in [0.5, 0.6) is 0 Å². The van der Waals surface area contributed by atoms with E-state index < -0.39 is 0 Å². The topological polar surface area (TPSA) is 66.2 Å². The van der Waals surface area contributed by atoms with E-state index in [4.69, 9.17) is 0 Å². The molecule has 2 amide bonds. The Bertz CT molecular complexity index is 682. The number of carbonyl (C=O) groups is 2. The largest absolute Gasteiger partial charge is 0.320 e. The molecule has 1 unspecified atom stereocenters. The molecular formula is C15H16ClN4O2+. The number of hydrogen-bond acceptors (Lipinski definition) is 3. The Hall–Kier alpha value is -2.44. The molecule has 0 spiro atoms. The molecule has 0 radical (unpaired) electrons. The molecule has 0 fully saturated rings. The monoisotopic (exact) mass is 319 g/mol. The summed E-state index contributed by atoms with van der Waals surface area (Å²) in [5.74, 6) is 0.456. The van der Waals surface area contributed by atoms with Crippen molar-refractivity contribution in [1.82, 2.24) is 4.90 Å². The van der Waals surface area contributed by atoms with Gasteiger partial charge in [-0.25, -0.2) is 4.90 Å². The summed E-state index contributed by atoms with van der Waals surface area (Å²) < 4.78 is 0. The van der Waals surface area contributed by atoms with Crippen molar-refractivity contribution in [3.63, 3.8) is 0 Å². The molecule has 114 valence electrons. The van der Waals surface area contributed by atoms with Crippen LogP contribution >= 0.6 is 12.4 Å². The summed E-state index contributed by atoms with van der Waals surface area (Å²) in [5, 5.41) is 2.80. The second kappa shape index (κ2) is 6.55. The first-order chi connectivity index (χ1) is 10.1. The smallest absolute Gasteiger partial charge is 0.280 e. The molecule has 1 aromatic carbocycles. The number of anilines is 1. The van der Waals surface area contributed by atoms with Crippen LogP contribution in [0.15, 0.2) is 59.5 Å². The summed E-state index contributed by atoms with van der Waals surface area (Å²) in [5.41, 5.74) is 1.09. The molecule has 6 nitrogen and oxygen atoms in total. The fraction of sp³-hybridized carbons (Fsp3) is 0.133. The number of carbonyl (C=O) groups excluding carboxylic acids is 2. The number of nitrogens with one attached hydrogen (secondary N) is 2. The molecule has 7 heteroatoms. The number of amides is 2. The molecule has 0 aromatic heterocycles. The minimum atomic E-state index is -0.252. The van der Waals surface area contributed by atoms with Crippen LogP contribution in [-0.4, -0.2) is 29.2 Å². The highest BCUT2D eigenvalue weighted by atomic mass is 35.5. The summed E-state index contributed by atoms with van der Waals surface area (Å²) in [6.07, 6.45) is 5.17. The number of amidine groups is 1. The third-order valence-corrected chi connectivity index (χ3v) is 3.30. The van der Waals surface area contributed by atoms with Gasteiger partial charge in [0.05, 0.1) is 0 Å². The van der Waals surface area contributed by atoms with E-state index >= 15 is 0 Å². The van der Waals surface area contributed by atoms with Gasteiger partial charge in [0.15, 0.2) is 12.4 Å². The lowest BCUT2D eigenvalue weighted by molar-refractivity contribution is -0.755. The molecule has 2 aliphatic rings. The van der Waals surface area contributed by atoms with Crippen LogP contribution in [0.4, 0.5) is 5.69 Å². The maximum absolute atomic E-state index is 12.2. The number of halogens is 1. The van der Waals surface area contributed by atoms with E-state index in [1.807, 2.05) is 30.3 Å². The van der Waals surface area contributed by atoms with E-state index in [1.165, 1.54) is 6.92 Å². The van der Waals surface area contributed by atoms with Crippen molar-refractivity contribution in [3.05, 3.63) is 54.5 Å². The highest BCUT2D eigenvalue weighted by Crippen LogP contribution is 2.10. The molecule has 2 N–H and O–H groups in total. The number of para-hydroxylation sites is 1. The highest BCUT2D eigenvalue weighted by Gasteiger charge is 2.30. The van der Waals surface area contributed by atoms with Crippen LogP contribution in [0.2, 0.25) is 0 Å². The zero-order chi connectivity index (χ0) is 14.8. The Morgan fingerprint density at radius 2 is 2.00 bits per heavy atom. The van der Waals surface area contributed by atoms with E-state index in [0.717, 1.165) is 16.4 Å². The highest BCUT2D eigenvalue weighted by molar-refractivity contribution is 6.06. The predicted molar refractivity (Wildman–Crippen MR) is 85.3 cm³/mol. The van der Waals surface area contributed by atoms with Crippen molar-refractivity contribution in [3.8, 4) is 0 Å². The van der Waals surface area contributed by atoms with E-state index in [9.17, 15) is 9.59 Å². The SMILES string of the molecule is CC(=O)N1C=CC2=NC(C(=O)Nc3ccccc3)=C[NH+]2C1.Cl.